The van der Waals surface area contributed by atoms with E-state index in [4.69, 9.17) is 13.0 Å². The molecule has 1 aliphatic heterocycles. The normalized spacial score (nSPS) is 16.3. The van der Waals surface area contributed by atoms with Crippen LogP contribution < -0.4 is 5.32 Å². The average Bonchev–Trinajstić information content (AvgIpc) is 2.78. The van der Waals surface area contributed by atoms with Crippen LogP contribution in [0, 0.1) is 13.8 Å². The van der Waals surface area contributed by atoms with Gasteiger partial charge >= 0.3 is 5.51 Å². The molecule has 1 heterocycles. The molecule has 5 nitrogen and oxygen atoms in total. The molecule has 0 aliphatic carbocycles. The first-order valence-corrected chi connectivity index (χ1v) is 11.9. The predicted octanol–water partition coefficient (Wildman–Crippen LogP) is 5.67. The number of halogens is 3. The third-order valence-corrected chi connectivity index (χ3v) is 6.19. The van der Waals surface area contributed by atoms with E-state index in [-0.39, 0.29) is 6.17 Å². The SMILES string of the molecule is Cc1cccc(C)c1[N+]1=Cc2ccccc2NC1[C@H](C)c1ccccc1.O=S(=O)([O-])C(F)(F)F. The monoisotopic (exact) mass is 490 g/mol. The summed E-state index contributed by atoms with van der Waals surface area (Å²) in [5.74, 6) is 0.333. The highest BCUT2D eigenvalue weighted by molar-refractivity contribution is 7.86. The number of alkyl halides is 3. The van der Waals surface area contributed by atoms with Gasteiger partial charge in [0.25, 0.3) is 0 Å². The minimum Gasteiger partial charge on any atom is -0.741 e. The zero-order chi connectivity index (χ0) is 25.1. The number of anilines is 1. The van der Waals surface area contributed by atoms with Crippen molar-refractivity contribution in [3.8, 4) is 0 Å². The first kappa shape index (κ1) is 25.5. The van der Waals surface area contributed by atoms with Gasteiger partial charge in [0.2, 0.25) is 11.9 Å². The van der Waals surface area contributed by atoms with Crippen LogP contribution in [0.15, 0.2) is 72.8 Å². The van der Waals surface area contributed by atoms with Crippen LogP contribution in [-0.2, 0) is 10.1 Å². The molecule has 1 N–H and O–H groups in total. The fourth-order valence-corrected chi connectivity index (χ4v) is 3.92. The minimum atomic E-state index is -6.09. The van der Waals surface area contributed by atoms with E-state index in [0.29, 0.717) is 5.92 Å². The number of hydrogen-bond donors (Lipinski definition) is 1. The number of aryl methyl sites for hydroxylation is 2. The number of nitrogens with one attached hydrogen (secondary N) is 1. The van der Waals surface area contributed by atoms with Gasteiger partial charge in [-0.25, -0.2) is 8.42 Å². The second-order valence-electron chi connectivity index (χ2n) is 8.05. The maximum absolute atomic E-state index is 10.7. The highest BCUT2D eigenvalue weighted by atomic mass is 32.2. The van der Waals surface area contributed by atoms with Gasteiger partial charge in [-0.15, -0.1) is 0 Å². The van der Waals surface area contributed by atoms with Crippen molar-refractivity contribution in [2.45, 2.75) is 38.4 Å². The van der Waals surface area contributed by atoms with Gasteiger partial charge in [-0.2, -0.15) is 17.7 Å². The number of para-hydroxylation sites is 2. The maximum Gasteiger partial charge on any atom is 0.485 e. The quantitative estimate of drug-likeness (QED) is 0.292. The summed E-state index contributed by atoms with van der Waals surface area (Å²) < 4.78 is 61.3. The smallest absolute Gasteiger partial charge is 0.485 e. The third kappa shape index (κ3) is 5.66. The van der Waals surface area contributed by atoms with E-state index in [1.807, 2.05) is 0 Å². The van der Waals surface area contributed by atoms with E-state index in [1.165, 1.54) is 33.6 Å². The first-order valence-electron chi connectivity index (χ1n) is 10.5. The molecule has 1 unspecified atom stereocenters. The molecule has 0 saturated carbocycles. The lowest BCUT2D eigenvalue weighted by Gasteiger charge is -2.29. The highest BCUT2D eigenvalue weighted by Crippen LogP contribution is 2.34. The molecule has 1 aliphatic rings. The fraction of sp³-hybridized carbons (Fsp3) is 0.240. The molecule has 0 radical (unpaired) electrons. The summed E-state index contributed by atoms with van der Waals surface area (Å²) in [6, 6.07) is 25.8. The molecule has 0 aromatic heterocycles. The van der Waals surface area contributed by atoms with Crippen LogP contribution in [0.25, 0.3) is 0 Å². The molecule has 0 spiro atoms. The lowest BCUT2D eigenvalue weighted by atomic mass is 9.94. The number of fused-ring (bicyclic) bond motifs is 1. The van der Waals surface area contributed by atoms with Gasteiger partial charge in [-0.05, 0) is 38.5 Å². The van der Waals surface area contributed by atoms with Gasteiger partial charge in [0.1, 0.15) is 0 Å². The molecule has 180 valence electrons. The van der Waals surface area contributed by atoms with Crippen molar-refractivity contribution in [2.75, 3.05) is 5.32 Å². The summed E-state index contributed by atoms with van der Waals surface area (Å²) in [5.41, 5.74) is 2.01. The lowest BCUT2D eigenvalue weighted by molar-refractivity contribution is -0.478. The third-order valence-electron chi connectivity index (χ3n) is 5.62. The van der Waals surface area contributed by atoms with E-state index in [2.05, 4.69) is 110 Å². The lowest BCUT2D eigenvalue weighted by Crippen LogP contribution is -2.40. The Morgan fingerprint density at radius 1 is 0.912 bits per heavy atom. The van der Waals surface area contributed by atoms with Crippen molar-refractivity contribution in [3.05, 3.63) is 95.1 Å². The maximum atomic E-state index is 10.7. The average molecular weight is 491 g/mol. The zero-order valence-corrected chi connectivity index (χ0v) is 19.7. The van der Waals surface area contributed by atoms with Crippen molar-refractivity contribution in [2.24, 2.45) is 0 Å². The van der Waals surface area contributed by atoms with Gasteiger partial charge in [0, 0.05) is 11.1 Å². The molecule has 0 bridgehead atoms. The molecule has 0 saturated heterocycles. The summed E-state index contributed by atoms with van der Waals surface area (Å²) in [5, 5.41) is 3.79. The van der Waals surface area contributed by atoms with Crippen LogP contribution in [0.2, 0.25) is 0 Å². The number of benzene rings is 3. The molecule has 2 atom stereocenters. The Kier molecular flexibility index (Phi) is 7.48. The van der Waals surface area contributed by atoms with Gasteiger partial charge < -0.3 is 9.87 Å². The van der Waals surface area contributed by atoms with Crippen molar-refractivity contribution >= 4 is 27.7 Å². The Morgan fingerprint density at radius 3 is 2.00 bits per heavy atom. The van der Waals surface area contributed by atoms with E-state index < -0.39 is 15.6 Å². The molecule has 3 aromatic rings. The van der Waals surface area contributed by atoms with E-state index in [0.717, 1.165) is 0 Å². The largest absolute Gasteiger partial charge is 0.741 e. The summed E-state index contributed by atoms with van der Waals surface area (Å²) in [4.78, 5) is 0. The fourth-order valence-electron chi connectivity index (χ4n) is 3.92. The van der Waals surface area contributed by atoms with Crippen LogP contribution in [0.4, 0.5) is 24.5 Å². The van der Waals surface area contributed by atoms with E-state index in [1.54, 1.807) is 0 Å². The Morgan fingerprint density at radius 2 is 1.44 bits per heavy atom. The molecule has 0 fully saturated rings. The molecule has 4 rings (SSSR count). The van der Waals surface area contributed by atoms with Crippen LogP contribution >= 0.6 is 0 Å². The van der Waals surface area contributed by atoms with Gasteiger partial charge in [-0.1, -0.05) is 60.7 Å². The van der Waals surface area contributed by atoms with Crippen molar-refractivity contribution < 1.29 is 30.7 Å². The molecule has 9 heteroatoms. The van der Waals surface area contributed by atoms with Gasteiger partial charge in [-0.3, -0.25) is 0 Å². The predicted molar refractivity (Wildman–Crippen MR) is 125 cm³/mol. The minimum absolute atomic E-state index is 0.159. The Labute approximate surface area is 197 Å². The summed E-state index contributed by atoms with van der Waals surface area (Å²) in [6.07, 6.45) is 2.46. The van der Waals surface area contributed by atoms with Crippen molar-refractivity contribution in [1.29, 1.82) is 0 Å². The van der Waals surface area contributed by atoms with Gasteiger partial charge in [0.15, 0.2) is 16.3 Å². The standard InChI is InChI=1S/C24H24N2.CHF3O3S/c1-17-10-9-11-18(2)23(17)26-16-21-14-7-8-15-22(21)25-24(26)19(3)20-12-5-4-6-13-20;2-1(3,4)8(5,6)7/h4-16,19,24H,1-3H3;(H,5,6,7)/t19-,24?;/m1./s1. The number of rotatable bonds is 3. The molecule has 34 heavy (non-hydrogen) atoms. The topological polar surface area (TPSA) is 72.2 Å². The van der Waals surface area contributed by atoms with Crippen molar-refractivity contribution in [3.63, 3.8) is 0 Å². The number of hydrogen-bond acceptors (Lipinski definition) is 4. The van der Waals surface area contributed by atoms with E-state index >= 15 is 0 Å². The Hall–Kier alpha value is -3.17. The summed E-state index contributed by atoms with van der Waals surface area (Å²) >= 11 is 0. The first-order chi connectivity index (χ1) is 15.9. The van der Waals surface area contributed by atoms with E-state index in [9.17, 15) is 13.2 Å². The number of nitrogens with zero attached hydrogens (tertiary/aromatic N) is 1. The second kappa shape index (κ2) is 9.99. The molecule has 3 aromatic carbocycles. The zero-order valence-electron chi connectivity index (χ0n) is 18.9. The Bertz CT molecular complexity index is 1270. The van der Waals surface area contributed by atoms with Crippen LogP contribution in [-0.4, -0.2) is 35.4 Å². The second-order valence-corrected chi connectivity index (χ2v) is 9.42. The van der Waals surface area contributed by atoms with Crippen LogP contribution in [0.1, 0.15) is 35.1 Å². The van der Waals surface area contributed by atoms with Gasteiger partial charge in [0.05, 0.1) is 17.2 Å². The van der Waals surface area contributed by atoms with Crippen LogP contribution in [0.5, 0.6) is 0 Å². The molecular weight excluding hydrogens is 465 g/mol. The summed E-state index contributed by atoms with van der Waals surface area (Å²) in [6.45, 7) is 6.69. The molecule has 0 amide bonds. The summed E-state index contributed by atoms with van der Waals surface area (Å²) in [7, 11) is -6.09. The van der Waals surface area contributed by atoms with Crippen LogP contribution in [0.3, 0.4) is 0 Å². The Balaban J connectivity index is 0.000000350. The highest BCUT2D eigenvalue weighted by Gasteiger charge is 2.37. The molecular formula is C25H25F3N2O3S. The van der Waals surface area contributed by atoms with Crippen molar-refractivity contribution in [1.82, 2.24) is 0 Å².